The lowest BCUT2D eigenvalue weighted by Gasteiger charge is -2.16. The SMILES string of the molecule is CN(C)c1cc(C(=O)NCc2cnn(C)c2)nc2ccccc12. The van der Waals surface area contributed by atoms with Gasteiger partial charge < -0.3 is 10.2 Å². The Hall–Kier alpha value is -2.89. The number of pyridine rings is 1. The molecule has 3 rings (SSSR count). The van der Waals surface area contributed by atoms with Crippen LogP contribution in [-0.4, -0.2) is 34.8 Å². The highest BCUT2D eigenvalue weighted by Gasteiger charge is 2.13. The third-order valence-corrected chi connectivity index (χ3v) is 3.62. The summed E-state index contributed by atoms with van der Waals surface area (Å²) in [6.45, 7) is 0.429. The van der Waals surface area contributed by atoms with Crippen LogP contribution in [0.3, 0.4) is 0 Å². The first-order valence-corrected chi connectivity index (χ1v) is 7.37. The molecule has 0 aliphatic heterocycles. The molecule has 0 unspecified atom stereocenters. The molecule has 0 atom stereocenters. The Morgan fingerprint density at radius 1 is 1.30 bits per heavy atom. The second-order valence-electron chi connectivity index (χ2n) is 5.64. The zero-order valence-corrected chi connectivity index (χ0v) is 13.4. The van der Waals surface area contributed by atoms with Crippen molar-refractivity contribution in [3.8, 4) is 0 Å². The van der Waals surface area contributed by atoms with Crippen molar-refractivity contribution in [1.82, 2.24) is 20.1 Å². The Labute approximate surface area is 134 Å². The van der Waals surface area contributed by atoms with Crippen molar-refractivity contribution < 1.29 is 4.79 Å². The first kappa shape index (κ1) is 15.0. The molecule has 2 aromatic heterocycles. The number of carbonyl (C=O) groups excluding carboxylic acids is 1. The molecule has 0 saturated carbocycles. The minimum Gasteiger partial charge on any atom is -0.377 e. The zero-order valence-electron chi connectivity index (χ0n) is 13.4. The lowest BCUT2D eigenvalue weighted by molar-refractivity contribution is 0.0946. The van der Waals surface area contributed by atoms with Crippen LogP contribution in [0.15, 0.2) is 42.7 Å². The predicted octanol–water partition coefficient (Wildman–Crippen LogP) is 1.96. The Balaban J connectivity index is 1.88. The molecule has 2 heterocycles. The van der Waals surface area contributed by atoms with Crippen molar-refractivity contribution in [3.05, 3.63) is 54.0 Å². The van der Waals surface area contributed by atoms with Gasteiger partial charge in [0.25, 0.3) is 5.91 Å². The third-order valence-electron chi connectivity index (χ3n) is 3.62. The molecular formula is C17H19N5O. The van der Waals surface area contributed by atoms with Gasteiger partial charge in [0, 0.05) is 50.5 Å². The smallest absolute Gasteiger partial charge is 0.270 e. The number of aryl methyl sites for hydroxylation is 1. The van der Waals surface area contributed by atoms with Crippen molar-refractivity contribution in [3.63, 3.8) is 0 Å². The average Bonchev–Trinajstić information content (AvgIpc) is 2.96. The summed E-state index contributed by atoms with van der Waals surface area (Å²) in [6, 6.07) is 9.64. The number of nitrogens with one attached hydrogen (secondary N) is 1. The summed E-state index contributed by atoms with van der Waals surface area (Å²) in [7, 11) is 5.76. The first-order valence-electron chi connectivity index (χ1n) is 7.37. The molecule has 23 heavy (non-hydrogen) atoms. The van der Waals surface area contributed by atoms with Gasteiger partial charge >= 0.3 is 0 Å². The molecule has 0 radical (unpaired) electrons. The van der Waals surface area contributed by atoms with Crippen molar-refractivity contribution >= 4 is 22.5 Å². The Morgan fingerprint density at radius 3 is 2.78 bits per heavy atom. The fourth-order valence-electron chi connectivity index (χ4n) is 2.48. The summed E-state index contributed by atoms with van der Waals surface area (Å²) in [6.07, 6.45) is 3.61. The number of anilines is 1. The van der Waals surface area contributed by atoms with Crippen LogP contribution in [-0.2, 0) is 13.6 Å². The molecule has 0 aliphatic carbocycles. The van der Waals surface area contributed by atoms with Crippen molar-refractivity contribution in [2.24, 2.45) is 7.05 Å². The molecule has 3 aromatic rings. The van der Waals surface area contributed by atoms with Crippen molar-refractivity contribution in [2.45, 2.75) is 6.54 Å². The maximum absolute atomic E-state index is 12.4. The van der Waals surface area contributed by atoms with Gasteiger partial charge in [-0.05, 0) is 12.1 Å². The molecule has 1 aromatic carbocycles. The number of benzene rings is 1. The summed E-state index contributed by atoms with van der Waals surface area (Å²) in [5.74, 6) is -0.192. The lowest BCUT2D eigenvalue weighted by Crippen LogP contribution is -2.24. The monoisotopic (exact) mass is 309 g/mol. The van der Waals surface area contributed by atoms with Gasteiger partial charge in [-0.25, -0.2) is 4.98 Å². The van der Waals surface area contributed by atoms with E-state index >= 15 is 0 Å². The van der Waals surface area contributed by atoms with E-state index in [1.807, 2.05) is 62.6 Å². The van der Waals surface area contributed by atoms with Crippen molar-refractivity contribution in [1.29, 1.82) is 0 Å². The van der Waals surface area contributed by atoms with Crippen LogP contribution < -0.4 is 10.2 Å². The topological polar surface area (TPSA) is 63.1 Å². The number of nitrogens with zero attached hydrogens (tertiary/aromatic N) is 4. The van der Waals surface area contributed by atoms with Gasteiger partial charge in [0.1, 0.15) is 5.69 Å². The van der Waals surface area contributed by atoms with E-state index in [4.69, 9.17) is 0 Å². The summed E-state index contributed by atoms with van der Waals surface area (Å²) in [5, 5.41) is 8.00. The molecule has 0 spiro atoms. The van der Waals surface area contributed by atoms with E-state index < -0.39 is 0 Å². The van der Waals surface area contributed by atoms with Gasteiger partial charge in [-0.3, -0.25) is 9.48 Å². The highest BCUT2D eigenvalue weighted by Crippen LogP contribution is 2.25. The van der Waals surface area contributed by atoms with Gasteiger partial charge in [0.15, 0.2) is 0 Å². The summed E-state index contributed by atoms with van der Waals surface area (Å²) in [4.78, 5) is 18.9. The minimum atomic E-state index is -0.192. The number of hydrogen-bond donors (Lipinski definition) is 1. The minimum absolute atomic E-state index is 0.192. The number of para-hydroxylation sites is 1. The highest BCUT2D eigenvalue weighted by molar-refractivity contribution is 5.99. The van der Waals surface area contributed by atoms with E-state index in [1.165, 1.54) is 0 Å². The highest BCUT2D eigenvalue weighted by atomic mass is 16.1. The second kappa shape index (κ2) is 6.08. The van der Waals surface area contributed by atoms with E-state index in [0.717, 1.165) is 22.2 Å². The van der Waals surface area contributed by atoms with Gasteiger partial charge in [0.05, 0.1) is 11.7 Å². The van der Waals surface area contributed by atoms with Crippen LogP contribution in [0.4, 0.5) is 5.69 Å². The molecule has 0 bridgehead atoms. The van der Waals surface area contributed by atoms with Crippen LogP contribution in [0.1, 0.15) is 16.1 Å². The number of carbonyl (C=O) groups is 1. The molecule has 6 nitrogen and oxygen atoms in total. The summed E-state index contributed by atoms with van der Waals surface area (Å²) < 4.78 is 1.71. The maximum Gasteiger partial charge on any atom is 0.270 e. The number of rotatable bonds is 4. The summed E-state index contributed by atoms with van der Waals surface area (Å²) in [5.41, 5.74) is 3.15. The molecule has 1 amide bonds. The van der Waals surface area contributed by atoms with Crippen LogP contribution in [0, 0.1) is 0 Å². The number of aromatic nitrogens is 3. The van der Waals surface area contributed by atoms with E-state index in [9.17, 15) is 4.79 Å². The van der Waals surface area contributed by atoms with Gasteiger partial charge in [-0.1, -0.05) is 18.2 Å². The molecule has 0 saturated heterocycles. The Morgan fingerprint density at radius 2 is 2.09 bits per heavy atom. The molecule has 0 aliphatic rings. The normalized spacial score (nSPS) is 10.7. The van der Waals surface area contributed by atoms with Gasteiger partial charge in [0.2, 0.25) is 0 Å². The van der Waals surface area contributed by atoms with Gasteiger partial charge in [-0.2, -0.15) is 5.10 Å². The molecule has 118 valence electrons. The van der Waals surface area contributed by atoms with E-state index in [-0.39, 0.29) is 5.91 Å². The molecule has 0 fully saturated rings. The quantitative estimate of drug-likeness (QED) is 0.800. The third kappa shape index (κ3) is 3.15. The van der Waals surface area contributed by atoms with Crippen LogP contribution in [0.5, 0.6) is 0 Å². The fraction of sp³-hybridized carbons (Fsp3) is 0.235. The number of hydrogen-bond acceptors (Lipinski definition) is 4. The maximum atomic E-state index is 12.4. The van der Waals surface area contributed by atoms with E-state index in [0.29, 0.717) is 12.2 Å². The number of amides is 1. The summed E-state index contributed by atoms with van der Waals surface area (Å²) >= 11 is 0. The van der Waals surface area contributed by atoms with Crippen LogP contribution in [0.2, 0.25) is 0 Å². The fourth-order valence-corrected chi connectivity index (χ4v) is 2.48. The molecular weight excluding hydrogens is 290 g/mol. The van der Waals surface area contributed by atoms with Crippen LogP contribution in [0.25, 0.3) is 10.9 Å². The first-order chi connectivity index (χ1) is 11.0. The largest absolute Gasteiger partial charge is 0.377 e. The van der Waals surface area contributed by atoms with Gasteiger partial charge in [-0.15, -0.1) is 0 Å². The Kier molecular flexibility index (Phi) is 3.97. The lowest BCUT2D eigenvalue weighted by atomic mass is 10.1. The molecule has 1 N–H and O–H groups in total. The van der Waals surface area contributed by atoms with E-state index in [2.05, 4.69) is 15.4 Å². The van der Waals surface area contributed by atoms with Crippen LogP contribution >= 0.6 is 0 Å². The Bertz CT molecular complexity index is 853. The number of fused-ring (bicyclic) bond motifs is 1. The zero-order chi connectivity index (χ0) is 16.4. The molecule has 6 heteroatoms. The average molecular weight is 309 g/mol. The standard InChI is InChI=1S/C17H19N5O/c1-21(2)16-8-15(20-14-7-5-4-6-13(14)16)17(23)18-9-12-10-19-22(3)11-12/h4-8,10-11H,9H2,1-3H3,(H,18,23). The second-order valence-corrected chi connectivity index (χ2v) is 5.64. The predicted molar refractivity (Wildman–Crippen MR) is 90.4 cm³/mol. The van der Waals surface area contributed by atoms with E-state index in [1.54, 1.807) is 10.9 Å². The van der Waals surface area contributed by atoms with Crippen molar-refractivity contribution in [2.75, 3.05) is 19.0 Å².